The highest BCUT2D eigenvalue weighted by molar-refractivity contribution is 7.92. The van der Waals surface area contributed by atoms with Crippen LogP contribution < -0.4 is 4.72 Å². The van der Waals surface area contributed by atoms with Crippen LogP contribution in [0.1, 0.15) is 48.8 Å². The fourth-order valence-corrected chi connectivity index (χ4v) is 5.47. The molecular weight excluding hydrogens is 391 g/mol. The zero-order valence-electron chi connectivity index (χ0n) is 16.6. The Kier molecular flexibility index (Phi) is 4.53. The number of aryl methyl sites for hydroxylation is 1. The van der Waals surface area contributed by atoms with Gasteiger partial charge in [0.15, 0.2) is 5.78 Å². The molecule has 4 rings (SSSR count). The van der Waals surface area contributed by atoms with Gasteiger partial charge in [-0.05, 0) is 60.2 Å². The molecule has 0 unspecified atom stereocenters. The van der Waals surface area contributed by atoms with E-state index in [9.17, 15) is 17.6 Å². The van der Waals surface area contributed by atoms with Gasteiger partial charge in [-0.3, -0.25) is 9.52 Å². The first-order valence-corrected chi connectivity index (χ1v) is 11.1. The van der Waals surface area contributed by atoms with Crippen molar-refractivity contribution in [2.24, 2.45) is 5.41 Å². The fourth-order valence-electron chi connectivity index (χ4n) is 4.09. The van der Waals surface area contributed by atoms with Gasteiger partial charge in [0.05, 0.1) is 4.90 Å². The highest BCUT2D eigenvalue weighted by Crippen LogP contribution is 2.39. The number of benzene rings is 2. The summed E-state index contributed by atoms with van der Waals surface area (Å²) in [6, 6.07) is 8.57. The summed E-state index contributed by atoms with van der Waals surface area (Å²) >= 11 is 0. The smallest absolute Gasteiger partial charge is 0.262 e. The van der Waals surface area contributed by atoms with Gasteiger partial charge in [0, 0.05) is 34.3 Å². The summed E-state index contributed by atoms with van der Waals surface area (Å²) in [6.45, 7) is 5.99. The number of fused-ring (bicyclic) bond motifs is 3. The quantitative estimate of drug-likeness (QED) is 0.642. The summed E-state index contributed by atoms with van der Waals surface area (Å²) in [4.78, 5) is 16.2. The van der Waals surface area contributed by atoms with E-state index in [4.69, 9.17) is 0 Å². The van der Waals surface area contributed by atoms with Gasteiger partial charge < -0.3 is 4.98 Å². The Hall–Kier alpha value is -2.67. The second-order valence-electron chi connectivity index (χ2n) is 8.39. The van der Waals surface area contributed by atoms with Gasteiger partial charge in [0.2, 0.25) is 0 Å². The molecule has 1 aliphatic rings. The third-order valence-corrected chi connectivity index (χ3v) is 6.86. The molecule has 0 bridgehead atoms. The minimum Gasteiger partial charge on any atom is -0.358 e. The van der Waals surface area contributed by atoms with Gasteiger partial charge in [-0.1, -0.05) is 20.8 Å². The Morgan fingerprint density at radius 1 is 1.14 bits per heavy atom. The van der Waals surface area contributed by atoms with Crippen LogP contribution in [0, 0.1) is 11.2 Å². The Labute approximate surface area is 169 Å². The predicted octanol–water partition coefficient (Wildman–Crippen LogP) is 4.83. The normalized spacial score (nSPS) is 16.1. The maximum atomic E-state index is 13.1. The first kappa shape index (κ1) is 19.6. The fraction of sp³-hybridized carbons (Fsp3) is 0.318. The minimum atomic E-state index is -3.88. The summed E-state index contributed by atoms with van der Waals surface area (Å²) in [5, 5.41) is 0.776. The number of Topliss-reactive ketones (excluding diaryl/α,β-unsaturated/α-hetero) is 1. The van der Waals surface area contributed by atoms with Crippen LogP contribution in [-0.4, -0.2) is 19.2 Å². The first-order valence-electron chi connectivity index (χ1n) is 9.59. The van der Waals surface area contributed by atoms with Gasteiger partial charge in [-0.25, -0.2) is 12.8 Å². The van der Waals surface area contributed by atoms with Crippen LogP contribution >= 0.6 is 0 Å². The van der Waals surface area contributed by atoms with Crippen molar-refractivity contribution in [3.05, 3.63) is 59.0 Å². The largest absolute Gasteiger partial charge is 0.358 e. The first-order chi connectivity index (χ1) is 13.6. The van der Waals surface area contributed by atoms with Crippen LogP contribution in [0.3, 0.4) is 0 Å². The summed E-state index contributed by atoms with van der Waals surface area (Å²) < 4.78 is 41.7. The lowest BCUT2D eigenvalue weighted by atomic mass is 9.76. The molecule has 29 heavy (non-hydrogen) atoms. The van der Waals surface area contributed by atoms with E-state index in [1.54, 1.807) is 12.1 Å². The van der Waals surface area contributed by atoms with Gasteiger partial charge in [-0.15, -0.1) is 0 Å². The maximum Gasteiger partial charge on any atom is 0.262 e. The number of aromatic nitrogens is 1. The monoisotopic (exact) mass is 414 g/mol. The average molecular weight is 415 g/mol. The number of carbonyl (C=O) groups is 1. The van der Waals surface area contributed by atoms with E-state index >= 15 is 0 Å². The predicted molar refractivity (Wildman–Crippen MR) is 111 cm³/mol. The number of carbonyl (C=O) groups excluding carboxylic acids is 1. The topological polar surface area (TPSA) is 79.0 Å². The van der Waals surface area contributed by atoms with Crippen LogP contribution in [0.4, 0.5) is 10.1 Å². The van der Waals surface area contributed by atoms with Crippen molar-refractivity contribution in [1.29, 1.82) is 0 Å². The van der Waals surface area contributed by atoms with Gasteiger partial charge in [-0.2, -0.15) is 0 Å². The molecule has 0 amide bonds. The van der Waals surface area contributed by atoms with Crippen molar-refractivity contribution >= 4 is 32.4 Å². The summed E-state index contributed by atoms with van der Waals surface area (Å²) in [5.41, 5.74) is 2.98. The van der Waals surface area contributed by atoms with Crippen molar-refractivity contribution in [3.63, 3.8) is 0 Å². The molecule has 1 heterocycles. The number of nitrogens with one attached hydrogen (secondary N) is 2. The second kappa shape index (κ2) is 6.69. The maximum absolute atomic E-state index is 13.1. The lowest BCUT2D eigenvalue weighted by Gasteiger charge is -2.28. The van der Waals surface area contributed by atoms with Crippen LogP contribution in [0.5, 0.6) is 0 Å². The Balaban J connectivity index is 1.83. The zero-order chi connectivity index (χ0) is 21.0. The molecule has 0 aliphatic heterocycles. The molecule has 5 nitrogen and oxygen atoms in total. The van der Waals surface area contributed by atoms with Gasteiger partial charge in [0.1, 0.15) is 5.82 Å². The van der Waals surface area contributed by atoms with Crippen molar-refractivity contribution in [3.8, 4) is 0 Å². The molecule has 0 saturated heterocycles. The van der Waals surface area contributed by atoms with E-state index in [2.05, 4.69) is 23.6 Å². The highest BCUT2D eigenvalue weighted by Gasteiger charge is 2.34. The molecule has 152 valence electrons. The van der Waals surface area contributed by atoms with Crippen LogP contribution in [0.25, 0.3) is 10.9 Å². The van der Waals surface area contributed by atoms with Crippen molar-refractivity contribution in [2.75, 3.05) is 4.72 Å². The van der Waals surface area contributed by atoms with E-state index in [1.165, 1.54) is 24.3 Å². The minimum absolute atomic E-state index is 0.0876. The summed E-state index contributed by atoms with van der Waals surface area (Å²) in [6.07, 6.45) is 1.70. The van der Waals surface area contributed by atoms with Gasteiger partial charge in [0.25, 0.3) is 10.0 Å². The number of halogens is 1. The molecule has 0 radical (unpaired) electrons. The lowest BCUT2D eigenvalue weighted by molar-refractivity contribution is 0.0913. The van der Waals surface area contributed by atoms with E-state index in [-0.39, 0.29) is 21.8 Å². The van der Waals surface area contributed by atoms with Gasteiger partial charge >= 0.3 is 0 Å². The van der Waals surface area contributed by atoms with Crippen LogP contribution in [0.2, 0.25) is 0 Å². The molecule has 1 aliphatic carbocycles. The van der Waals surface area contributed by atoms with Crippen molar-refractivity contribution in [1.82, 2.24) is 4.98 Å². The number of aromatic amines is 1. The molecule has 1 aromatic heterocycles. The third-order valence-electron chi connectivity index (χ3n) is 5.40. The Morgan fingerprint density at radius 3 is 2.48 bits per heavy atom. The molecule has 7 heteroatoms. The number of sulfonamides is 1. The van der Waals surface area contributed by atoms with Crippen LogP contribution in [0.15, 0.2) is 41.3 Å². The van der Waals surface area contributed by atoms with Crippen molar-refractivity contribution < 1.29 is 17.6 Å². The number of hydrogen-bond donors (Lipinski definition) is 2. The molecular formula is C22H23FN2O3S. The summed E-state index contributed by atoms with van der Waals surface area (Å²) in [7, 11) is -3.88. The number of hydrogen-bond acceptors (Lipinski definition) is 3. The Morgan fingerprint density at radius 2 is 1.83 bits per heavy atom. The molecule has 2 N–H and O–H groups in total. The Bertz CT molecular complexity index is 1230. The molecule has 3 aromatic rings. The number of H-pyrrole nitrogens is 1. The zero-order valence-corrected chi connectivity index (χ0v) is 17.4. The highest BCUT2D eigenvalue weighted by atomic mass is 32.2. The number of anilines is 1. The molecule has 0 spiro atoms. The standard InChI is InChI=1S/C22H23FN2O3S/c1-4-13-9-16-17(24-18-11-22(2,3)12-19(26)21(16)18)10-20(13)29(27,28)25-15-7-5-14(23)6-8-15/h5-10,24-25H,4,11-12H2,1-3H3. The van der Waals surface area contributed by atoms with E-state index < -0.39 is 15.8 Å². The second-order valence-corrected chi connectivity index (χ2v) is 10.0. The van der Waals surface area contributed by atoms with E-state index in [0.717, 1.165) is 17.5 Å². The number of rotatable bonds is 4. The molecule has 0 saturated carbocycles. The van der Waals surface area contributed by atoms with Crippen LogP contribution in [-0.2, 0) is 22.9 Å². The lowest BCUT2D eigenvalue weighted by Crippen LogP contribution is -2.26. The average Bonchev–Trinajstić information content (AvgIpc) is 2.98. The molecule has 0 fully saturated rings. The SMILES string of the molecule is CCc1cc2c3c([nH]c2cc1S(=O)(=O)Nc1ccc(F)cc1)CC(C)(C)CC3=O. The van der Waals surface area contributed by atoms with E-state index in [0.29, 0.717) is 29.5 Å². The molecule has 2 aromatic carbocycles. The summed E-state index contributed by atoms with van der Waals surface area (Å²) in [5.74, 6) is -0.349. The van der Waals surface area contributed by atoms with Crippen molar-refractivity contribution in [2.45, 2.75) is 44.9 Å². The third kappa shape index (κ3) is 3.55. The molecule has 0 atom stereocenters. The number of ketones is 1. The van der Waals surface area contributed by atoms with E-state index in [1.807, 2.05) is 6.92 Å².